The fraction of sp³-hybridized carbons (Fsp3) is 0.294. The van der Waals surface area contributed by atoms with Crippen LogP contribution >= 0.6 is 11.8 Å². The lowest BCUT2D eigenvalue weighted by atomic mass is 10.2. The number of hydrogen-bond donors (Lipinski definition) is 1. The van der Waals surface area contributed by atoms with Crippen molar-refractivity contribution in [1.82, 2.24) is 0 Å². The van der Waals surface area contributed by atoms with Crippen LogP contribution in [0.1, 0.15) is 21.9 Å². The Morgan fingerprint density at radius 2 is 1.96 bits per heavy atom. The molecule has 0 aliphatic carbocycles. The molecule has 10 heteroatoms. The van der Waals surface area contributed by atoms with Crippen LogP contribution in [0.5, 0.6) is 11.5 Å². The minimum Gasteiger partial charge on any atom is -0.465 e. The third-order valence-corrected chi connectivity index (χ3v) is 4.49. The summed E-state index contributed by atoms with van der Waals surface area (Å²) in [4.78, 5) is 23.5. The lowest BCUT2D eigenvalue weighted by Crippen LogP contribution is -2.25. The summed E-state index contributed by atoms with van der Waals surface area (Å²) in [6.07, 6.45) is -3.70. The first-order valence-electron chi connectivity index (χ1n) is 7.72. The molecule has 2 heterocycles. The van der Waals surface area contributed by atoms with Crippen LogP contribution in [-0.4, -0.2) is 31.0 Å². The Kier molecular flexibility index (Phi) is 5.26. The third-order valence-electron chi connectivity index (χ3n) is 3.54. The van der Waals surface area contributed by atoms with Gasteiger partial charge in [0.2, 0.25) is 5.91 Å². The van der Waals surface area contributed by atoms with Gasteiger partial charge in [-0.2, -0.15) is 0 Å². The van der Waals surface area contributed by atoms with E-state index in [4.69, 9.17) is 4.42 Å². The van der Waals surface area contributed by atoms with E-state index in [-0.39, 0.29) is 23.2 Å². The predicted molar refractivity (Wildman–Crippen MR) is 92.2 cm³/mol. The van der Waals surface area contributed by atoms with Crippen LogP contribution in [0.2, 0.25) is 0 Å². The number of methoxy groups -OCH3 is 1. The van der Waals surface area contributed by atoms with Gasteiger partial charge < -0.3 is 23.9 Å². The van der Waals surface area contributed by atoms with Crippen LogP contribution in [0.15, 0.2) is 28.7 Å². The second-order valence-electron chi connectivity index (χ2n) is 5.54. The van der Waals surface area contributed by atoms with Crippen LogP contribution in [0.25, 0.3) is 0 Å². The Labute approximate surface area is 156 Å². The first-order chi connectivity index (χ1) is 12.8. The molecule has 144 valence electrons. The molecule has 3 rings (SSSR count). The molecule has 0 unspecified atom stereocenters. The number of benzene rings is 1. The number of anilines is 1. The van der Waals surface area contributed by atoms with Crippen molar-refractivity contribution in [3.05, 3.63) is 41.3 Å². The van der Waals surface area contributed by atoms with Gasteiger partial charge in [-0.25, -0.2) is 4.79 Å². The number of carbonyl (C=O) groups is 2. The van der Waals surface area contributed by atoms with Crippen LogP contribution in [0, 0.1) is 6.92 Å². The molecular formula is C17H15F2NO6S. The zero-order valence-electron chi connectivity index (χ0n) is 14.3. The highest BCUT2D eigenvalue weighted by Crippen LogP contribution is 2.42. The molecule has 1 aromatic carbocycles. The molecule has 7 nitrogen and oxygen atoms in total. The molecule has 0 fully saturated rings. The lowest BCUT2D eigenvalue weighted by Gasteiger charge is -2.05. The largest absolute Gasteiger partial charge is 0.586 e. The molecule has 0 bridgehead atoms. The quantitative estimate of drug-likeness (QED) is 0.743. The minimum absolute atomic E-state index is 0.0951. The number of alkyl halides is 2. The van der Waals surface area contributed by atoms with Gasteiger partial charge in [0.25, 0.3) is 0 Å². The molecule has 0 saturated carbocycles. The molecule has 2 aromatic rings. The highest BCUT2D eigenvalue weighted by molar-refractivity contribution is 7.99. The van der Waals surface area contributed by atoms with Crippen LogP contribution in [-0.2, 0) is 15.3 Å². The second-order valence-corrected chi connectivity index (χ2v) is 6.53. The van der Waals surface area contributed by atoms with Gasteiger partial charge in [0, 0.05) is 11.8 Å². The van der Waals surface area contributed by atoms with Crippen molar-refractivity contribution in [3.63, 3.8) is 0 Å². The average molecular weight is 399 g/mol. The SMILES string of the molecule is COC(=O)c1cc(CSCC(=O)Nc2ccc3c(c2)OC(F)(F)O3)oc1C. The number of halogens is 2. The molecule has 1 amide bonds. The van der Waals surface area contributed by atoms with Crippen molar-refractivity contribution in [2.45, 2.75) is 19.0 Å². The van der Waals surface area contributed by atoms with Crippen molar-refractivity contribution in [3.8, 4) is 11.5 Å². The summed E-state index contributed by atoms with van der Waals surface area (Å²) >= 11 is 1.27. The van der Waals surface area contributed by atoms with Crippen LogP contribution in [0.3, 0.4) is 0 Å². The topological polar surface area (TPSA) is 87.0 Å². The number of furan rings is 1. The summed E-state index contributed by atoms with van der Waals surface area (Å²) in [7, 11) is 1.28. The fourth-order valence-electron chi connectivity index (χ4n) is 2.40. The zero-order valence-corrected chi connectivity index (χ0v) is 15.2. The van der Waals surface area contributed by atoms with Crippen molar-refractivity contribution < 1.29 is 37.0 Å². The number of esters is 1. The number of thioether (sulfide) groups is 1. The molecule has 1 aromatic heterocycles. The van der Waals surface area contributed by atoms with E-state index in [1.54, 1.807) is 13.0 Å². The number of hydrogen-bond acceptors (Lipinski definition) is 7. The van der Waals surface area contributed by atoms with Gasteiger partial charge in [0.05, 0.1) is 18.6 Å². The number of rotatable bonds is 6. The summed E-state index contributed by atoms with van der Waals surface area (Å²) < 4.78 is 44.7. The van der Waals surface area contributed by atoms with Gasteiger partial charge in [-0.05, 0) is 25.1 Å². The standard InChI is InChI=1S/C17H15F2NO6S/c1-9-12(16(22)23-2)6-11(24-9)7-27-8-15(21)20-10-3-4-13-14(5-10)26-17(18,19)25-13/h3-6H,7-8H2,1-2H3,(H,20,21). The highest BCUT2D eigenvalue weighted by Gasteiger charge is 2.43. The number of aryl methyl sites for hydroxylation is 1. The number of carbonyl (C=O) groups excluding carboxylic acids is 2. The minimum atomic E-state index is -3.70. The van der Waals surface area contributed by atoms with Crippen LogP contribution in [0.4, 0.5) is 14.5 Å². The van der Waals surface area contributed by atoms with Gasteiger partial charge in [0.15, 0.2) is 11.5 Å². The second kappa shape index (κ2) is 7.47. The molecular weight excluding hydrogens is 384 g/mol. The monoisotopic (exact) mass is 399 g/mol. The third kappa shape index (κ3) is 4.51. The summed E-state index contributed by atoms with van der Waals surface area (Å²) in [6, 6.07) is 5.56. The maximum atomic E-state index is 13.0. The normalized spacial score (nSPS) is 14.1. The van der Waals surface area contributed by atoms with Crippen molar-refractivity contribution in [1.29, 1.82) is 0 Å². The molecule has 1 N–H and O–H groups in total. The van der Waals surface area contributed by atoms with Crippen molar-refractivity contribution in [2.75, 3.05) is 18.2 Å². The Hall–Kier alpha value is -2.75. The van der Waals surface area contributed by atoms with Gasteiger partial charge >= 0.3 is 12.3 Å². The summed E-state index contributed by atoms with van der Waals surface area (Å²) in [5, 5.41) is 2.58. The van der Waals surface area contributed by atoms with E-state index in [1.807, 2.05) is 0 Å². The van der Waals surface area contributed by atoms with Crippen molar-refractivity contribution >= 4 is 29.3 Å². The van der Waals surface area contributed by atoms with E-state index >= 15 is 0 Å². The molecule has 0 radical (unpaired) electrons. The molecule has 0 saturated heterocycles. The molecule has 27 heavy (non-hydrogen) atoms. The average Bonchev–Trinajstić information content (AvgIpc) is 3.11. The molecule has 1 aliphatic heterocycles. The number of fused-ring (bicyclic) bond motifs is 1. The smallest absolute Gasteiger partial charge is 0.465 e. The number of ether oxygens (including phenoxy) is 3. The Morgan fingerprint density at radius 1 is 1.22 bits per heavy atom. The first-order valence-corrected chi connectivity index (χ1v) is 8.88. The summed E-state index contributed by atoms with van der Waals surface area (Å²) in [5.41, 5.74) is 0.650. The van der Waals surface area contributed by atoms with E-state index in [9.17, 15) is 18.4 Å². The summed E-state index contributed by atoms with van der Waals surface area (Å²) in [5.74, 6) is 0.390. The van der Waals surface area contributed by atoms with E-state index in [0.717, 1.165) is 0 Å². The van der Waals surface area contributed by atoms with E-state index < -0.39 is 12.3 Å². The molecule has 0 atom stereocenters. The predicted octanol–water partition coefficient (Wildman–Crippen LogP) is 3.57. The van der Waals surface area contributed by atoms with Gasteiger partial charge in [-0.15, -0.1) is 20.5 Å². The Balaban J connectivity index is 1.50. The first kappa shape index (κ1) is 19.0. The maximum Gasteiger partial charge on any atom is 0.586 e. The van der Waals surface area contributed by atoms with Gasteiger partial charge in [-0.1, -0.05) is 0 Å². The van der Waals surface area contributed by atoms with Crippen LogP contribution < -0.4 is 14.8 Å². The maximum absolute atomic E-state index is 13.0. The number of amides is 1. The van der Waals surface area contributed by atoms with Crippen molar-refractivity contribution in [2.24, 2.45) is 0 Å². The fourth-order valence-corrected chi connectivity index (χ4v) is 3.10. The van der Waals surface area contributed by atoms with E-state index in [0.29, 0.717) is 28.5 Å². The summed E-state index contributed by atoms with van der Waals surface area (Å²) in [6.45, 7) is 1.65. The highest BCUT2D eigenvalue weighted by atomic mass is 32.2. The van der Waals surface area contributed by atoms with Gasteiger partial charge in [-0.3, -0.25) is 4.79 Å². The van der Waals surface area contributed by atoms with E-state index in [2.05, 4.69) is 19.5 Å². The Bertz CT molecular complexity index is 882. The van der Waals surface area contributed by atoms with E-state index in [1.165, 1.54) is 37.1 Å². The molecule has 1 aliphatic rings. The van der Waals surface area contributed by atoms with Gasteiger partial charge in [0.1, 0.15) is 17.1 Å². The zero-order chi connectivity index (χ0) is 19.6. The molecule has 0 spiro atoms. The Morgan fingerprint density at radius 3 is 2.70 bits per heavy atom. The lowest BCUT2D eigenvalue weighted by molar-refractivity contribution is -0.286. The number of nitrogens with one attached hydrogen (secondary N) is 1.